The number of benzene rings is 2. The number of fused-ring (bicyclic) bond motifs is 1. The van der Waals surface area contributed by atoms with Gasteiger partial charge in [-0.25, -0.2) is 4.98 Å². The Hall–Kier alpha value is -2.86. The lowest BCUT2D eigenvalue weighted by atomic mass is 9.91. The van der Waals surface area contributed by atoms with E-state index in [1.807, 2.05) is 6.07 Å². The van der Waals surface area contributed by atoms with Crippen molar-refractivity contribution in [1.29, 1.82) is 0 Å². The topological polar surface area (TPSA) is 52.2 Å². The first kappa shape index (κ1) is 23.3. The highest BCUT2D eigenvalue weighted by molar-refractivity contribution is 7.80. The lowest BCUT2D eigenvalue weighted by molar-refractivity contribution is 0.388. The molecule has 3 N–H and O–H groups in total. The normalized spacial score (nSPS) is 18.1. The van der Waals surface area contributed by atoms with E-state index in [0.717, 1.165) is 42.7 Å². The Morgan fingerprint density at radius 3 is 2.30 bits per heavy atom. The van der Waals surface area contributed by atoms with Gasteiger partial charge in [0.25, 0.3) is 0 Å². The second-order valence-corrected chi connectivity index (χ2v) is 9.89. The van der Waals surface area contributed by atoms with Crippen molar-refractivity contribution in [2.75, 3.05) is 29.6 Å². The van der Waals surface area contributed by atoms with Gasteiger partial charge in [-0.3, -0.25) is 0 Å². The van der Waals surface area contributed by atoms with Crippen LogP contribution >= 0.6 is 12.2 Å². The van der Waals surface area contributed by atoms with Gasteiger partial charge in [-0.05, 0) is 87.5 Å². The average Bonchev–Trinajstić information content (AvgIpc) is 2.78. The molecule has 4 rings (SSSR count). The van der Waals surface area contributed by atoms with E-state index in [2.05, 4.69) is 92.1 Å². The van der Waals surface area contributed by atoms with E-state index in [4.69, 9.17) is 17.2 Å². The van der Waals surface area contributed by atoms with E-state index in [0.29, 0.717) is 17.2 Å². The lowest BCUT2D eigenvalue weighted by Gasteiger charge is -2.31. The zero-order valence-corrected chi connectivity index (χ0v) is 21.1. The number of hydrogen-bond donors (Lipinski definition) is 3. The molecule has 3 aromatic rings. The summed E-state index contributed by atoms with van der Waals surface area (Å²) >= 11 is 5.62. The number of nitrogens with zero attached hydrogens (tertiary/aromatic N) is 2. The molecular formula is C27H35N5S. The number of aromatic nitrogens is 1. The van der Waals surface area contributed by atoms with E-state index in [1.54, 1.807) is 0 Å². The van der Waals surface area contributed by atoms with Crippen LogP contribution in [0.1, 0.15) is 42.4 Å². The van der Waals surface area contributed by atoms with Gasteiger partial charge in [-0.1, -0.05) is 24.3 Å². The van der Waals surface area contributed by atoms with Crippen LogP contribution in [-0.4, -0.2) is 36.3 Å². The van der Waals surface area contributed by atoms with Crippen LogP contribution in [0.2, 0.25) is 0 Å². The molecular weight excluding hydrogens is 426 g/mol. The van der Waals surface area contributed by atoms with Crippen molar-refractivity contribution in [2.24, 2.45) is 0 Å². The number of aryl methyl sites for hydroxylation is 3. The van der Waals surface area contributed by atoms with Crippen LogP contribution in [-0.2, 0) is 0 Å². The molecule has 33 heavy (non-hydrogen) atoms. The summed E-state index contributed by atoms with van der Waals surface area (Å²) in [4.78, 5) is 7.02. The van der Waals surface area contributed by atoms with E-state index >= 15 is 0 Å². The van der Waals surface area contributed by atoms with Gasteiger partial charge in [0.2, 0.25) is 0 Å². The molecule has 0 saturated heterocycles. The number of thiocarbonyl (C=S) groups is 1. The molecule has 0 aliphatic heterocycles. The van der Waals surface area contributed by atoms with Crippen LogP contribution < -0.4 is 20.9 Å². The lowest BCUT2D eigenvalue weighted by Crippen LogP contribution is -2.42. The smallest absolute Gasteiger partial charge is 0.171 e. The summed E-state index contributed by atoms with van der Waals surface area (Å²) in [6.07, 6.45) is 4.35. The maximum atomic E-state index is 5.62. The molecule has 0 spiro atoms. The Balaban J connectivity index is 1.33. The summed E-state index contributed by atoms with van der Waals surface area (Å²) in [6, 6.07) is 15.7. The Morgan fingerprint density at radius 1 is 0.909 bits per heavy atom. The highest BCUT2D eigenvalue weighted by atomic mass is 32.1. The van der Waals surface area contributed by atoms with Gasteiger partial charge in [0, 0.05) is 49.0 Å². The molecule has 2 aromatic carbocycles. The molecule has 6 heteroatoms. The third-order valence-corrected chi connectivity index (χ3v) is 6.90. The molecule has 1 aliphatic rings. The first-order valence-electron chi connectivity index (χ1n) is 11.8. The van der Waals surface area contributed by atoms with Crippen molar-refractivity contribution in [2.45, 2.75) is 58.5 Å². The Morgan fingerprint density at radius 2 is 1.58 bits per heavy atom. The number of nitrogens with one attached hydrogen (secondary N) is 3. The fourth-order valence-electron chi connectivity index (χ4n) is 4.63. The van der Waals surface area contributed by atoms with Crippen LogP contribution in [0.15, 0.2) is 42.5 Å². The first-order valence-corrected chi connectivity index (χ1v) is 12.2. The summed E-state index contributed by atoms with van der Waals surface area (Å²) in [5, 5.41) is 12.5. The van der Waals surface area contributed by atoms with Gasteiger partial charge in [0.1, 0.15) is 5.82 Å². The number of hydrogen-bond acceptors (Lipinski definition) is 4. The highest BCUT2D eigenvalue weighted by Gasteiger charge is 2.22. The largest absolute Gasteiger partial charge is 0.377 e. The van der Waals surface area contributed by atoms with Gasteiger partial charge in [0.15, 0.2) is 5.11 Å². The standard InChI is InChI=1S/C27H35N5S/c1-17-14-19(3)24(15-18(17)2)31-27(33)29-21-12-10-20(11-13-21)28-26-16-25(32(4)5)22-8-6-7-9-23(22)30-26/h6-9,14-16,20-21H,10-13H2,1-5H3,(H,28,30)(H2,29,31,33). The van der Waals surface area contributed by atoms with Crippen molar-refractivity contribution in [3.63, 3.8) is 0 Å². The molecule has 0 bridgehead atoms. The molecule has 1 heterocycles. The average molecular weight is 462 g/mol. The van der Waals surface area contributed by atoms with E-state index in [-0.39, 0.29) is 0 Å². The minimum absolute atomic E-state index is 0.400. The van der Waals surface area contributed by atoms with Crippen molar-refractivity contribution in [1.82, 2.24) is 10.3 Å². The van der Waals surface area contributed by atoms with Crippen LogP contribution in [0.5, 0.6) is 0 Å². The zero-order chi connectivity index (χ0) is 23.5. The van der Waals surface area contributed by atoms with Gasteiger partial charge in [-0.15, -0.1) is 0 Å². The Labute approximate surface area is 203 Å². The fraction of sp³-hybridized carbons (Fsp3) is 0.407. The van der Waals surface area contributed by atoms with E-state index < -0.39 is 0 Å². The van der Waals surface area contributed by atoms with Crippen molar-refractivity contribution in [3.05, 3.63) is 59.2 Å². The molecule has 1 fully saturated rings. The van der Waals surface area contributed by atoms with Gasteiger partial charge >= 0.3 is 0 Å². The molecule has 0 unspecified atom stereocenters. The molecule has 1 saturated carbocycles. The molecule has 1 aliphatic carbocycles. The van der Waals surface area contributed by atoms with Crippen LogP contribution in [0.25, 0.3) is 10.9 Å². The predicted molar refractivity (Wildman–Crippen MR) is 146 cm³/mol. The number of para-hydroxylation sites is 1. The summed E-state index contributed by atoms with van der Waals surface area (Å²) in [5.74, 6) is 0.955. The molecule has 174 valence electrons. The van der Waals surface area contributed by atoms with Gasteiger partial charge in [-0.2, -0.15) is 0 Å². The summed E-state index contributed by atoms with van der Waals surface area (Å²) in [7, 11) is 4.16. The Kier molecular flexibility index (Phi) is 7.03. The third kappa shape index (κ3) is 5.56. The zero-order valence-electron chi connectivity index (χ0n) is 20.3. The minimum Gasteiger partial charge on any atom is -0.377 e. The first-order chi connectivity index (χ1) is 15.8. The maximum Gasteiger partial charge on any atom is 0.171 e. The molecule has 5 nitrogen and oxygen atoms in total. The number of rotatable bonds is 5. The number of pyridine rings is 1. The van der Waals surface area contributed by atoms with Crippen LogP contribution in [0.4, 0.5) is 17.2 Å². The van der Waals surface area contributed by atoms with E-state index in [1.165, 1.54) is 27.8 Å². The monoisotopic (exact) mass is 461 g/mol. The second-order valence-electron chi connectivity index (χ2n) is 9.48. The maximum absolute atomic E-state index is 5.62. The highest BCUT2D eigenvalue weighted by Crippen LogP contribution is 2.29. The summed E-state index contributed by atoms with van der Waals surface area (Å²) < 4.78 is 0. The quantitative estimate of drug-likeness (QED) is 0.409. The Bertz CT molecular complexity index is 1150. The van der Waals surface area contributed by atoms with Crippen LogP contribution in [0, 0.1) is 20.8 Å². The summed E-state index contributed by atoms with van der Waals surface area (Å²) in [6.45, 7) is 6.40. The van der Waals surface area contributed by atoms with Crippen molar-refractivity contribution < 1.29 is 0 Å². The van der Waals surface area contributed by atoms with E-state index in [9.17, 15) is 0 Å². The molecule has 0 amide bonds. The molecule has 0 atom stereocenters. The predicted octanol–water partition coefficient (Wildman–Crippen LogP) is 5.94. The fourth-order valence-corrected chi connectivity index (χ4v) is 4.91. The summed E-state index contributed by atoms with van der Waals surface area (Å²) in [5.41, 5.74) is 7.11. The molecule has 1 aromatic heterocycles. The SMILES string of the molecule is Cc1cc(C)c(NC(=S)NC2CCC(Nc3cc(N(C)C)c4ccccc4n3)CC2)cc1C. The van der Waals surface area contributed by atoms with Crippen LogP contribution in [0.3, 0.4) is 0 Å². The minimum atomic E-state index is 0.400. The van der Waals surface area contributed by atoms with Gasteiger partial charge < -0.3 is 20.9 Å². The van der Waals surface area contributed by atoms with Crippen molar-refractivity contribution >= 4 is 45.4 Å². The number of anilines is 3. The van der Waals surface area contributed by atoms with Crippen molar-refractivity contribution in [3.8, 4) is 0 Å². The third-order valence-electron chi connectivity index (χ3n) is 6.68. The van der Waals surface area contributed by atoms with Gasteiger partial charge in [0.05, 0.1) is 5.52 Å². The molecule has 0 radical (unpaired) electrons. The second kappa shape index (κ2) is 9.96.